The van der Waals surface area contributed by atoms with Gasteiger partial charge in [-0.25, -0.2) is 4.79 Å². The second-order valence-electron chi connectivity index (χ2n) is 14.7. The minimum Gasteiger partial charge on any atom is -0.465 e. The van der Waals surface area contributed by atoms with Crippen LogP contribution < -0.4 is 5.32 Å². The van der Waals surface area contributed by atoms with E-state index in [1.165, 1.54) is 0 Å². The zero-order chi connectivity index (χ0) is 34.9. The molecule has 5 atom stereocenters. The Morgan fingerprint density at radius 2 is 1.49 bits per heavy atom. The first-order valence-corrected chi connectivity index (χ1v) is 16.9. The molecule has 1 heterocycles. The van der Waals surface area contributed by atoms with E-state index >= 15 is 0 Å². The van der Waals surface area contributed by atoms with Crippen LogP contribution in [-0.2, 0) is 49.3 Å². The average Bonchev–Trinajstić information content (AvgIpc) is 3.61. The topological polar surface area (TPSA) is 138 Å². The number of fused-ring (bicyclic) bond motifs is 1. The van der Waals surface area contributed by atoms with Crippen LogP contribution in [0.3, 0.4) is 0 Å². The fourth-order valence-electron chi connectivity index (χ4n) is 6.01. The zero-order valence-corrected chi connectivity index (χ0v) is 29.3. The molecule has 1 aromatic carbocycles. The smallest absolute Gasteiger partial charge is 0.329 e. The Kier molecular flexibility index (Phi) is 13.4. The minimum atomic E-state index is -1.06. The number of nitrogens with zero attached hydrogens (tertiary/aromatic N) is 1. The molecule has 11 heteroatoms. The molecule has 47 heavy (non-hydrogen) atoms. The molecule has 11 nitrogen and oxygen atoms in total. The summed E-state index contributed by atoms with van der Waals surface area (Å²) in [7, 11) is 0. The Hall–Kier alpha value is -3.47. The number of carbonyl (C=O) groups is 5. The normalized spacial score (nSPS) is 20.7. The molecule has 0 spiro atoms. The predicted octanol–water partition coefficient (Wildman–Crippen LogP) is 4.39. The molecule has 0 aromatic heterocycles. The third-order valence-corrected chi connectivity index (χ3v) is 8.63. The van der Waals surface area contributed by atoms with Gasteiger partial charge < -0.3 is 23.8 Å². The van der Waals surface area contributed by atoms with E-state index in [0.29, 0.717) is 19.3 Å². The van der Waals surface area contributed by atoms with Crippen LogP contribution >= 0.6 is 0 Å². The van der Waals surface area contributed by atoms with Crippen LogP contribution in [0.5, 0.6) is 0 Å². The van der Waals surface area contributed by atoms with Gasteiger partial charge in [0.2, 0.25) is 5.91 Å². The van der Waals surface area contributed by atoms with Gasteiger partial charge in [-0.05, 0) is 99.0 Å². The zero-order valence-electron chi connectivity index (χ0n) is 29.3. The van der Waals surface area contributed by atoms with Crippen molar-refractivity contribution >= 4 is 29.8 Å². The molecule has 2 fully saturated rings. The summed E-state index contributed by atoms with van der Waals surface area (Å²) in [5.74, 6) is -2.22. The third kappa shape index (κ3) is 10.8. The van der Waals surface area contributed by atoms with Crippen molar-refractivity contribution in [1.82, 2.24) is 10.2 Å². The lowest BCUT2D eigenvalue weighted by atomic mass is 9.97. The number of ether oxygens (including phenoxy) is 4. The Bertz CT molecular complexity index is 1210. The van der Waals surface area contributed by atoms with Gasteiger partial charge in [-0.1, -0.05) is 36.8 Å². The van der Waals surface area contributed by atoms with Crippen LogP contribution in [-0.4, -0.2) is 84.8 Å². The van der Waals surface area contributed by atoms with Crippen LogP contribution in [0.4, 0.5) is 0 Å². The molecule has 1 aliphatic carbocycles. The highest BCUT2D eigenvalue weighted by molar-refractivity contribution is 5.89. The van der Waals surface area contributed by atoms with E-state index < -0.39 is 58.9 Å². The summed E-state index contributed by atoms with van der Waals surface area (Å²) in [4.78, 5) is 67.4. The Morgan fingerprint density at radius 1 is 0.894 bits per heavy atom. The van der Waals surface area contributed by atoms with Gasteiger partial charge in [0.25, 0.3) is 0 Å². The molecule has 1 aliphatic heterocycles. The Morgan fingerprint density at radius 3 is 2.04 bits per heavy atom. The number of hydrogen-bond donors (Lipinski definition) is 1. The third-order valence-electron chi connectivity index (χ3n) is 8.63. The van der Waals surface area contributed by atoms with Crippen LogP contribution in [0.25, 0.3) is 0 Å². The van der Waals surface area contributed by atoms with Crippen LogP contribution in [0.2, 0.25) is 0 Å². The summed E-state index contributed by atoms with van der Waals surface area (Å²) in [6, 6.07) is 7.26. The number of likely N-dealkylation sites (tertiary alicyclic amines) is 1. The highest BCUT2D eigenvalue weighted by atomic mass is 16.6. The number of nitrogens with one attached hydrogen (secondary N) is 1. The number of aryl methyl sites for hydroxylation is 1. The maximum absolute atomic E-state index is 14.1. The first-order chi connectivity index (χ1) is 22.0. The van der Waals surface area contributed by atoms with Crippen molar-refractivity contribution in [2.24, 2.45) is 16.7 Å². The van der Waals surface area contributed by atoms with Gasteiger partial charge in [-0.15, -0.1) is 0 Å². The molecule has 1 saturated carbocycles. The van der Waals surface area contributed by atoms with Crippen molar-refractivity contribution in [3.63, 3.8) is 0 Å². The van der Waals surface area contributed by atoms with Gasteiger partial charge in [-0.3, -0.25) is 24.5 Å². The number of amides is 1. The van der Waals surface area contributed by atoms with E-state index in [2.05, 4.69) is 5.32 Å². The van der Waals surface area contributed by atoms with Gasteiger partial charge in [0, 0.05) is 6.04 Å². The molecule has 2 aliphatic rings. The van der Waals surface area contributed by atoms with E-state index in [1.807, 2.05) is 30.3 Å². The van der Waals surface area contributed by atoms with Crippen molar-refractivity contribution in [3.8, 4) is 0 Å². The van der Waals surface area contributed by atoms with Crippen molar-refractivity contribution in [2.75, 3.05) is 19.8 Å². The second kappa shape index (κ2) is 16.6. The van der Waals surface area contributed by atoms with Gasteiger partial charge in [0.05, 0.1) is 23.5 Å². The van der Waals surface area contributed by atoms with Crippen LogP contribution in [0.1, 0.15) is 93.1 Å². The quantitative estimate of drug-likeness (QED) is 0.226. The van der Waals surface area contributed by atoms with E-state index in [4.69, 9.17) is 18.9 Å². The summed E-state index contributed by atoms with van der Waals surface area (Å²) < 4.78 is 22.0. The lowest BCUT2D eigenvalue weighted by Crippen LogP contribution is -2.55. The number of rotatable bonds is 14. The molecule has 0 radical (unpaired) electrons. The lowest BCUT2D eigenvalue weighted by molar-refractivity contribution is -0.175. The highest BCUT2D eigenvalue weighted by Crippen LogP contribution is 2.42. The second-order valence-corrected chi connectivity index (χ2v) is 14.7. The molecule has 0 bridgehead atoms. The fraction of sp³-hybridized carbons (Fsp3) is 0.694. The van der Waals surface area contributed by atoms with E-state index in [-0.39, 0.29) is 37.7 Å². The first-order valence-electron chi connectivity index (χ1n) is 16.9. The summed E-state index contributed by atoms with van der Waals surface area (Å²) in [5, 5.41) is 3.19. The monoisotopic (exact) mass is 658 g/mol. The van der Waals surface area contributed by atoms with Crippen molar-refractivity contribution < 1.29 is 42.9 Å². The maximum Gasteiger partial charge on any atom is 0.329 e. The summed E-state index contributed by atoms with van der Waals surface area (Å²) in [5.41, 5.74) is -0.502. The van der Waals surface area contributed by atoms with E-state index in [9.17, 15) is 24.0 Å². The highest BCUT2D eigenvalue weighted by Gasteiger charge is 2.50. The largest absolute Gasteiger partial charge is 0.465 e. The van der Waals surface area contributed by atoms with Gasteiger partial charge >= 0.3 is 23.9 Å². The molecule has 0 unspecified atom stereocenters. The summed E-state index contributed by atoms with van der Waals surface area (Å²) >= 11 is 0. The average molecular weight is 659 g/mol. The van der Waals surface area contributed by atoms with E-state index in [1.54, 1.807) is 60.3 Å². The minimum absolute atomic E-state index is 0.134. The van der Waals surface area contributed by atoms with Gasteiger partial charge in [0.1, 0.15) is 25.3 Å². The van der Waals surface area contributed by atoms with E-state index in [0.717, 1.165) is 24.8 Å². The van der Waals surface area contributed by atoms with Gasteiger partial charge in [0.15, 0.2) is 6.10 Å². The predicted molar refractivity (Wildman–Crippen MR) is 175 cm³/mol. The van der Waals surface area contributed by atoms with Gasteiger partial charge in [-0.2, -0.15) is 0 Å². The molecule has 1 saturated heterocycles. The van der Waals surface area contributed by atoms with Crippen molar-refractivity contribution in [3.05, 3.63) is 35.9 Å². The molecule has 262 valence electrons. The van der Waals surface area contributed by atoms with Crippen molar-refractivity contribution in [1.29, 1.82) is 0 Å². The SMILES string of the molecule is CCOC(=O)[C@H](CCc1ccccc1)N[C@@H](C)C(=O)N1[C@H](C(=O)OC(COC(=O)C(C)(C)C)COC(=O)C(C)(C)C)C[C@@H]2CCC[C@@H]21. The summed E-state index contributed by atoms with van der Waals surface area (Å²) in [6.07, 6.45) is 3.02. The fourth-order valence-corrected chi connectivity index (χ4v) is 6.01. The number of esters is 4. The molecule has 1 N–H and O–H groups in total. The molecular formula is C36H54N2O9. The Balaban J connectivity index is 1.76. The van der Waals surface area contributed by atoms with Crippen LogP contribution in [0.15, 0.2) is 30.3 Å². The number of hydrogen-bond acceptors (Lipinski definition) is 10. The molecule has 1 amide bonds. The molecular weight excluding hydrogens is 604 g/mol. The Labute approximate surface area is 279 Å². The number of carbonyl (C=O) groups excluding carboxylic acids is 5. The number of benzene rings is 1. The lowest BCUT2D eigenvalue weighted by Gasteiger charge is -2.33. The standard InChI is InChI=1S/C36H54N2O9/c1-9-44-31(40)27(19-18-24-14-11-10-12-15-24)37-23(2)30(39)38-28-17-13-16-25(28)20-29(38)32(41)47-26(21-45-33(42)35(3,4)5)22-46-34(43)36(6,7)8/h10-12,14-15,23,25-29,37H,9,13,16-22H2,1-8H3/t23-,25-,27-,28-,29-/m0/s1. The molecule has 3 rings (SSSR count). The first kappa shape index (κ1) is 38.0. The maximum atomic E-state index is 14.1. The van der Waals surface area contributed by atoms with Crippen molar-refractivity contribution in [2.45, 2.75) is 124 Å². The molecule has 1 aromatic rings. The summed E-state index contributed by atoms with van der Waals surface area (Å²) in [6.45, 7) is 13.3. The van der Waals surface area contributed by atoms with Crippen LogP contribution in [0, 0.1) is 16.7 Å².